The maximum Gasteiger partial charge on any atom is 0.311 e. The summed E-state index contributed by atoms with van der Waals surface area (Å²) < 4.78 is 56.8. The lowest BCUT2D eigenvalue weighted by Crippen LogP contribution is -2.11. The molecule has 10 heteroatoms. The average Bonchev–Trinajstić information content (AvgIpc) is 3.08. The normalized spacial score (nSPS) is 11.6. The first-order valence-corrected chi connectivity index (χ1v) is 7.83. The minimum Gasteiger partial charge on any atom is -0.336 e. The number of H-pyrrole nitrogens is 1. The Hall–Kier alpha value is -3.42. The molecule has 0 radical (unpaired) electrons. The number of aromatic amines is 1. The predicted octanol–water partition coefficient (Wildman–Crippen LogP) is 5.31. The summed E-state index contributed by atoms with van der Waals surface area (Å²) in [6.45, 7) is 14.4. The third-order valence-corrected chi connectivity index (χ3v) is 4.42. The summed E-state index contributed by atoms with van der Waals surface area (Å²) in [5.74, 6) is -7.78. The van der Waals surface area contributed by atoms with Crippen molar-refractivity contribution in [3.8, 4) is 6.07 Å². The standard InChI is InChI=1S/C17H4BrF4N5/c1-24-14-7(18)3-4-8-15(14)27-17(26-8)16(25-2)9-12(21)10(19)6(5-23)11(20)13(9)22/h3-4,16H,(H,26,27). The van der Waals surface area contributed by atoms with Crippen molar-refractivity contribution in [1.29, 1.82) is 5.26 Å². The van der Waals surface area contributed by atoms with Crippen LogP contribution in [0.25, 0.3) is 20.7 Å². The zero-order valence-corrected chi connectivity index (χ0v) is 14.5. The monoisotopic (exact) mass is 433 g/mol. The molecule has 0 spiro atoms. The van der Waals surface area contributed by atoms with Gasteiger partial charge in [-0.1, -0.05) is 22.0 Å². The van der Waals surface area contributed by atoms with Crippen molar-refractivity contribution in [1.82, 2.24) is 9.97 Å². The lowest BCUT2D eigenvalue weighted by atomic mass is 10.0. The molecule has 0 amide bonds. The van der Waals surface area contributed by atoms with Gasteiger partial charge < -0.3 is 4.98 Å². The number of fused-ring (bicyclic) bond motifs is 1. The Morgan fingerprint density at radius 1 is 1.11 bits per heavy atom. The van der Waals surface area contributed by atoms with Crippen LogP contribution in [0.4, 0.5) is 23.2 Å². The molecule has 1 aromatic heterocycles. The molecule has 0 fully saturated rings. The Balaban J connectivity index is 2.30. The summed E-state index contributed by atoms with van der Waals surface area (Å²) >= 11 is 3.17. The number of rotatable bonds is 2. The SMILES string of the molecule is [C-]#[N+]c1c(Br)ccc2[nH]c(C([N+]#[C-])c3c(F)c(F)c(C#N)c(F)c3F)nc12. The second-order valence-electron chi connectivity index (χ2n) is 5.21. The van der Waals surface area contributed by atoms with E-state index in [1.54, 1.807) is 0 Å². The van der Waals surface area contributed by atoms with Crippen LogP contribution in [0, 0.1) is 47.7 Å². The summed E-state index contributed by atoms with van der Waals surface area (Å²) in [7, 11) is 0. The number of nitrogens with zero attached hydrogens (tertiary/aromatic N) is 4. The Labute approximate surface area is 157 Å². The molecule has 2 aromatic carbocycles. The zero-order chi connectivity index (χ0) is 19.9. The minimum atomic E-state index is -1.89. The van der Waals surface area contributed by atoms with E-state index in [4.69, 9.17) is 18.4 Å². The van der Waals surface area contributed by atoms with Crippen LogP contribution < -0.4 is 0 Å². The molecular weight excluding hydrogens is 430 g/mol. The van der Waals surface area contributed by atoms with Crippen molar-refractivity contribution in [3.05, 3.63) is 79.7 Å². The maximum atomic E-state index is 14.3. The fraction of sp³-hybridized carbons (Fsp3) is 0.0588. The van der Waals surface area contributed by atoms with Crippen molar-refractivity contribution < 1.29 is 17.6 Å². The smallest absolute Gasteiger partial charge is 0.311 e. The van der Waals surface area contributed by atoms with Gasteiger partial charge in [0.15, 0.2) is 29.1 Å². The molecule has 0 bridgehead atoms. The van der Waals surface area contributed by atoms with Crippen LogP contribution >= 0.6 is 15.9 Å². The Morgan fingerprint density at radius 3 is 2.26 bits per heavy atom. The van der Waals surface area contributed by atoms with Gasteiger partial charge in [0, 0.05) is 4.47 Å². The number of nitrogens with one attached hydrogen (secondary N) is 1. The van der Waals surface area contributed by atoms with Gasteiger partial charge in [-0.3, -0.25) is 4.85 Å². The van der Waals surface area contributed by atoms with E-state index in [0.29, 0.717) is 9.99 Å². The number of halogens is 5. The summed E-state index contributed by atoms with van der Waals surface area (Å²) in [5, 5.41) is 8.66. The molecule has 0 saturated carbocycles. The van der Waals surface area contributed by atoms with E-state index >= 15 is 0 Å². The summed E-state index contributed by atoms with van der Waals surface area (Å²) in [6, 6.07) is 2.23. The van der Waals surface area contributed by atoms with Crippen molar-refractivity contribution in [2.75, 3.05) is 0 Å². The molecule has 0 aliphatic heterocycles. The van der Waals surface area contributed by atoms with E-state index < -0.39 is 40.4 Å². The third-order valence-electron chi connectivity index (χ3n) is 3.78. The predicted molar refractivity (Wildman–Crippen MR) is 89.5 cm³/mol. The van der Waals surface area contributed by atoms with E-state index in [-0.39, 0.29) is 17.0 Å². The molecule has 1 atom stereocenters. The van der Waals surface area contributed by atoms with E-state index in [1.807, 2.05) is 0 Å². The van der Waals surface area contributed by atoms with Crippen molar-refractivity contribution in [2.24, 2.45) is 0 Å². The number of nitriles is 1. The number of benzene rings is 2. The number of hydrogen-bond donors (Lipinski definition) is 1. The van der Waals surface area contributed by atoms with Crippen LogP contribution in [0.3, 0.4) is 0 Å². The van der Waals surface area contributed by atoms with Gasteiger partial charge in [-0.2, -0.15) is 5.26 Å². The van der Waals surface area contributed by atoms with E-state index in [1.165, 1.54) is 12.1 Å². The first-order chi connectivity index (χ1) is 12.8. The Bertz CT molecular complexity index is 1200. The topological polar surface area (TPSA) is 61.2 Å². The van der Waals surface area contributed by atoms with Crippen LogP contribution in [0.5, 0.6) is 0 Å². The van der Waals surface area contributed by atoms with Crippen LogP contribution in [0.1, 0.15) is 23.0 Å². The second kappa shape index (κ2) is 6.71. The highest BCUT2D eigenvalue weighted by Crippen LogP contribution is 2.37. The summed E-state index contributed by atoms with van der Waals surface area (Å²) in [6.07, 6.45) is 0. The third kappa shape index (κ3) is 2.69. The Morgan fingerprint density at radius 2 is 1.74 bits per heavy atom. The average molecular weight is 434 g/mol. The van der Waals surface area contributed by atoms with Gasteiger partial charge in [0.05, 0.1) is 17.6 Å². The quantitative estimate of drug-likeness (QED) is 0.338. The van der Waals surface area contributed by atoms with Crippen molar-refractivity contribution in [2.45, 2.75) is 6.04 Å². The molecule has 132 valence electrons. The molecule has 1 heterocycles. The van der Waals surface area contributed by atoms with Gasteiger partial charge in [0.2, 0.25) is 5.69 Å². The zero-order valence-electron chi connectivity index (χ0n) is 12.9. The van der Waals surface area contributed by atoms with Gasteiger partial charge in [0.1, 0.15) is 17.2 Å². The van der Waals surface area contributed by atoms with E-state index in [0.717, 1.165) is 6.07 Å². The first-order valence-electron chi connectivity index (χ1n) is 7.03. The molecule has 0 aliphatic carbocycles. The van der Waals surface area contributed by atoms with Crippen LogP contribution in [-0.2, 0) is 0 Å². The fourth-order valence-electron chi connectivity index (χ4n) is 2.54. The van der Waals surface area contributed by atoms with Gasteiger partial charge in [0.25, 0.3) is 0 Å². The molecule has 3 aromatic rings. The van der Waals surface area contributed by atoms with E-state index in [9.17, 15) is 17.6 Å². The molecule has 27 heavy (non-hydrogen) atoms. The van der Waals surface area contributed by atoms with Gasteiger partial charge in [-0.25, -0.2) is 34.0 Å². The molecule has 0 aliphatic rings. The number of hydrogen-bond acceptors (Lipinski definition) is 2. The van der Waals surface area contributed by atoms with Gasteiger partial charge in [-0.15, -0.1) is 0 Å². The Kier molecular flexibility index (Phi) is 4.57. The highest BCUT2D eigenvalue weighted by Gasteiger charge is 2.36. The molecule has 1 unspecified atom stereocenters. The highest BCUT2D eigenvalue weighted by atomic mass is 79.9. The first kappa shape index (κ1) is 18.4. The molecule has 0 saturated heterocycles. The summed E-state index contributed by atoms with van der Waals surface area (Å²) in [4.78, 5) is 13.0. The van der Waals surface area contributed by atoms with Crippen molar-refractivity contribution >= 4 is 32.7 Å². The van der Waals surface area contributed by atoms with Gasteiger partial charge >= 0.3 is 6.04 Å². The second-order valence-corrected chi connectivity index (χ2v) is 6.07. The molecule has 3 rings (SSSR count). The maximum absolute atomic E-state index is 14.3. The highest BCUT2D eigenvalue weighted by molar-refractivity contribution is 9.10. The molecule has 5 nitrogen and oxygen atoms in total. The van der Waals surface area contributed by atoms with Crippen molar-refractivity contribution in [3.63, 3.8) is 0 Å². The lowest BCUT2D eigenvalue weighted by Gasteiger charge is -2.09. The van der Waals surface area contributed by atoms with Crippen LogP contribution in [0.2, 0.25) is 0 Å². The van der Waals surface area contributed by atoms with Crippen LogP contribution in [-0.4, -0.2) is 9.97 Å². The molecular formula is C17H4BrF4N5. The minimum absolute atomic E-state index is 0.0943. The lowest BCUT2D eigenvalue weighted by molar-refractivity contribution is 0.433. The largest absolute Gasteiger partial charge is 0.336 e. The van der Waals surface area contributed by atoms with E-state index in [2.05, 4.69) is 35.6 Å². The van der Waals surface area contributed by atoms with Gasteiger partial charge in [-0.05, 0) is 6.07 Å². The fourth-order valence-corrected chi connectivity index (χ4v) is 2.95. The number of imidazole rings is 1. The molecule has 1 N–H and O–H groups in total. The van der Waals surface area contributed by atoms with Crippen LogP contribution in [0.15, 0.2) is 16.6 Å². The number of aromatic nitrogens is 2. The summed E-state index contributed by atoms with van der Waals surface area (Å²) in [5.41, 5.74) is -2.11.